The van der Waals surface area contributed by atoms with Crippen LogP contribution in [0.4, 0.5) is 10.1 Å². The van der Waals surface area contributed by atoms with Gasteiger partial charge < -0.3 is 14.8 Å². The van der Waals surface area contributed by atoms with Crippen LogP contribution in [-0.4, -0.2) is 19.6 Å². The van der Waals surface area contributed by atoms with Crippen molar-refractivity contribution in [2.75, 3.05) is 19.0 Å². The number of nitrogens with one attached hydrogen (secondary N) is 1. The van der Waals surface area contributed by atoms with Crippen LogP contribution in [0.5, 0.6) is 11.5 Å². The summed E-state index contributed by atoms with van der Waals surface area (Å²) in [5.41, 5.74) is 1.31. The zero-order valence-corrected chi connectivity index (χ0v) is 15.1. The minimum atomic E-state index is -0.464. The molecule has 134 valence electrons. The third-order valence-electron chi connectivity index (χ3n) is 3.75. The molecular formula is C20H24FNO3. The van der Waals surface area contributed by atoms with E-state index in [9.17, 15) is 9.18 Å². The van der Waals surface area contributed by atoms with Gasteiger partial charge in [0.1, 0.15) is 5.82 Å². The van der Waals surface area contributed by atoms with Crippen LogP contribution in [0.3, 0.4) is 0 Å². The average molecular weight is 345 g/mol. The van der Waals surface area contributed by atoms with Gasteiger partial charge in [-0.1, -0.05) is 19.9 Å². The summed E-state index contributed by atoms with van der Waals surface area (Å²) >= 11 is 0. The highest BCUT2D eigenvalue weighted by molar-refractivity contribution is 6.04. The number of hydrogen-bond acceptors (Lipinski definition) is 3. The highest BCUT2D eigenvalue weighted by Crippen LogP contribution is 2.29. The molecule has 2 rings (SSSR count). The fraction of sp³-hybridized carbons (Fsp3) is 0.350. The largest absolute Gasteiger partial charge is 0.493 e. The summed E-state index contributed by atoms with van der Waals surface area (Å²) < 4.78 is 24.9. The lowest BCUT2D eigenvalue weighted by Gasteiger charge is -2.13. The number of benzene rings is 2. The van der Waals surface area contributed by atoms with Gasteiger partial charge in [-0.2, -0.15) is 0 Å². The summed E-state index contributed by atoms with van der Waals surface area (Å²) in [5, 5.41) is 2.57. The molecule has 25 heavy (non-hydrogen) atoms. The minimum absolute atomic E-state index is 0.145. The van der Waals surface area contributed by atoms with E-state index in [0.717, 1.165) is 12.0 Å². The normalized spacial score (nSPS) is 10.6. The van der Waals surface area contributed by atoms with Gasteiger partial charge in [-0.3, -0.25) is 4.79 Å². The van der Waals surface area contributed by atoms with Crippen LogP contribution < -0.4 is 14.8 Å². The van der Waals surface area contributed by atoms with Crippen molar-refractivity contribution >= 4 is 11.6 Å². The number of halogens is 1. The van der Waals surface area contributed by atoms with E-state index < -0.39 is 11.7 Å². The summed E-state index contributed by atoms with van der Waals surface area (Å²) in [7, 11) is 1.52. The lowest BCUT2D eigenvalue weighted by molar-refractivity contribution is 0.102. The molecule has 0 saturated heterocycles. The predicted octanol–water partition coefficient (Wildman–Crippen LogP) is 4.82. The number of rotatable bonds is 7. The van der Waals surface area contributed by atoms with Crippen LogP contribution in [0.15, 0.2) is 36.4 Å². The van der Waals surface area contributed by atoms with Gasteiger partial charge in [0.2, 0.25) is 0 Å². The maximum absolute atomic E-state index is 13.9. The Morgan fingerprint density at radius 3 is 2.56 bits per heavy atom. The van der Waals surface area contributed by atoms with Gasteiger partial charge >= 0.3 is 0 Å². The molecule has 0 bridgehead atoms. The van der Waals surface area contributed by atoms with Gasteiger partial charge in [0.05, 0.1) is 19.4 Å². The molecule has 0 aliphatic carbocycles. The number of hydrogen-bond donors (Lipinski definition) is 1. The first-order valence-electron chi connectivity index (χ1n) is 8.29. The summed E-state index contributed by atoms with van der Waals surface area (Å²) in [6.07, 6.45) is 0.929. The highest BCUT2D eigenvalue weighted by atomic mass is 19.1. The van der Waals surface area contributed by atoms with E-state index in [0.29, 0.717) is 29.6 Å². The van der Waals surface area contributed by atoms with Crippen molar-refractivity contribution in [3.63, 3.8) is 0 Å². The maximum Gasteiger partial charge on any atom is 0.255 e. The Morgan fingerprint density at radius 1 is 1.16 bits per heavy atom. The van der Waals surface area contributed by atoms with Gasteiger partial charge in [0.15, 0.2) is 11.5 Å². The number of carbonyl (C=O) groups excluding carboxylic acids is 1. The summed E-state index contributed by atoms with van der Waals surface area (Å²) in [6.45, 7) is 6.61. The monoisotopic (exact) mass is 345 g/mol. The number of anilines is 1. The molecule has 5 heteroatoms. The van der Waals surface area contributed by atoms with E-state index in [1.54, 1.807) is 37.3 Å². The molecule has 4 nitrogen and oxygen atoms in total. The zero-order chi connectivity index (χ0) is 18.4. The van der Waals surface area contributed by atoms with Crippen molar-refractivity contribution in [2.45, 2.75) is 27.2 Å². The van der Waals surface area contributed by atoms with E-state index >= 15 is 0 Å². The Morgan fingerprint density at radius 2 is 1.92 bits per heavy atom. The molecule has 0 aromatic heterocycles. The quantitative estimate of drug-likeness (QED) is 0.782. The lowest BCUT2D eigenvalue weighted by Crippen LogP contribution is -2.13. The van der Waals surface area contributed by atoms with Crippen molar-refractivity contribution < 1.29 is 18.7 Å². The Hall–Kier alpha value is -2.56. The molecule has 0 spiro atoms. The molecule has 2 aromatic rings. The summed E-state index contributed by atoms with van der Waals surface area (Å²) in [6, 6.07) is 9.58. The minimum Gasteiger partial charge on any atom is -0.493 e. The zero-order valence-electron chi connectivity index (χ0n) is 15.1. The number of amides is 1. The molecule has 2 aromatic carbocycles. The van der Waals surface area contributed by atoms with Crippen LogP contribution in [0, 0.1) is 18.7 Å². The van der Waals surface area contributed by atoms with E-state index in [1.807, 2.05) is 0 Å². The van der Waals surface area contributed by atoms with Crippen molar-refractivity contribution in [1.29, 1.82) is 0 Å². The Balaban J connectivity index is 2.11. The van der Waals surface area contributed by atoms with E-state index in [4.69, 9.17) is 9.47 Å². The van der Waals surface area contributed by atoms with E-state index in [2.05, 4.69) is 19.2 Å². The van der Waals surface area contributed by atoms with Gasteiger partial charge in [-0.05, 0) is 55.2 Å². The molecule has 0 fully saturated rings. The summed E-state index contributed by atoms with van der Waals surface area (Å²) in [5.74, 6) is 0.728. The van der Waals surface area contributed by atoms with Gasteiger partial charge in [-0.15, -0.1) is 0 Å². The maximum atomic E-state index is 13.9. The molecule has 0 atom stereocenters. The average Bonchev–Trinajstić information content (AvgIpc) is 2.57. The van der Waals surface area contributed by atoms with Crippen molar-refractivity contribution in [3.05, 3.63) is 53.3 Å². The van der Waals surface area contributed by atoms with Crippen LogP contribution in [0.1, 0.15) is 36.2 Å². The van der Waals surface area contributed by atoms with Crippen LogP contribution in [-0.2, 0) is 0 Å². The molecule has 0 heterocycles. The number of carbonyl (C=O) groups is 1. The molecule has 1 N–H and O–H groups in total. The number of aryl methyl sites for hydroxylation is 1. The Kier molecular flexibility index (Phi) is 6.39. The third-order valence-corrected chi connectivity index (χ3v) is 3.75. The Bertz CT molecular complexity index is 744. The molecule has 0 radical (unpaired) electrons. The first-order valence-corrected chi connectivity index (χ1v) is 8.29. The van der Waals surface area contributed by atoms with Crippen molar-refractivity contribution in [1.82, 2.24) is 0 Å². The van der Waals surface area contributed by atoms with Crippen molar-refractivity contribution in [2.24, 2.45) is 5.92 Å². The number of methoxy groups -OCH3 is 1. The van der Waals surface area contributed by atoms with Crippen LogP contribution >= 0.6 is 0 Å². The van der Waals surface area contributed by atoms with E-state index in [1.165, 1.54) is 13.2 Å². The first kappa shape index (κ1) is 18.8. The first-order chi connectivity index (χ1) is 11.9. The van der Waals surface area contributed by atoms with Gasteiger partial charge in [0, 0.05) is 5.56 Å². The third kappa shape index (κ3) is 5.21. The topological polar surface area (TPSA) is 47.6 Å². The molecule has 1 amide bonds. The summed E-state index contributed by atoms with van der Waals surface area (Å²) in [4.78, 5) is 12.4. The lowest BCUT2D eigenvalue weighted by atomic mass is 10.1. The number of ether oxygens (including phenoxy) is 2. The molecule has 0 saturated carbocycles. The Labute approximate surface area is 148 Å². The fourth-order valence-electron chi connectivity index (χ4n) is 2.25. The van der Waals surface area contributed by atoms with Gasteiger partial charge in [-0.25, -0.2) is 4.39 Å². The molecule has 0 unspecified atom stereocenters. The predicted molar refractivity (Wildman–Crippen MR) is 97.0 cm³/mol. The molecule has 0 aliphatic heterocycles. The molecule has 0 aliphatic rings. The van der Waals surface area contributed by atoms with Crippen LogP contribution in [0.2, 0.25) is 0 Å². The smallest absolute Gasteiger partial charge is 0.255 e. The second-order valence-electron chi connectivity index (χ2n) is 6.33. The van der Waals surface area contributed by atoms with E-state index in [-0.39, 0.29) is 5.69 Å². The molecular weight excluding hydrogens is 321 g/mol. The van der Waals surface area contributed by atoms with Gasteiger partial charge in [0.25, 0.3) is 5.91 Å². The van der Waals surface area contributed by atoms with Crippen molar-refractivity contribution in [3.8, 4) is 11.5 Å². The highest BCUT2D eigenvalue weighted by Gasteiger charge is 2.13. The fourth-order valence-corrected chi connectivity index (χ4v) is 2.25. The SMILES string of the molecule is COc1cc(C(=O)Nc2ccc(C)cc2F)ccc1OCCC(C)C. The second-order valence-corrected chi connectivity index (χ2v) is 6.33. The standard InChI is InChI=1S/C20H24FNO3/c1-13(2)9-10-25-18-8-6-15(12-19(18)24-4)20(23)22-17-7-5-14(3)11-16(17)21/h5-8,11-13H,9-10H2,1-4H3,(H,22,23). The second kappa shape index (κ2) is 8.51. The van der Waals surface area contributed by atoms with Crippen LogP contribution in [0.25, 0.3) is 0 Å².